The smallest absolute Gasteiger partial charge is 0.241 e. The fourth-order valence-electron chi connectivity index (χ4n) is 1.34. The van der Waals surface area contributed by atoms with E-state index in [2.05, 4.69) is 5.32 Å². The molecule has 1 aromatic carbocycles. The summed E-state index contributed by atoms with van der Waals surface area (Å²) in [5.74, 6) is -0.229. The Balaban J connectivity index is 2.64. The molecule has 4 nitrogen and oxygen atoms in total. The standard InChI is InChI=1S/C12H17ClN2O2/c1-8-9(13)4-3-5-11(8)15-12(16)10(14)6-7-17-2/h3-5,10H,6-7,14H2,1-2H3,(H,15,16). The molecule has 0 heterocycles. The molecular formula is C12H17ClN2O2. The Morgan fingerprint density at radius 3 is 2.94 bits per heavy atom. The van der Waals surface area contributed by atoms with Crippen LogP contribution >= 0.6 is 11.6 Å². The fourth-order valence-corrected chi connectivity index (χ4v) is 1.52. The normalized spacial score (nSPS) is 12.2. The number of benzene rings is 1. The maximum atomic E-state index is 11.7. The van der Waals surface area contributed by atoms with Crippen LogP contribution in [0.4, 0.5) is 5.69 Å². The summed E-state index contributed by atoms with van der Waals surface area (Å²) in [7, 11) is 1.58. The van der Waals surface area contributed by atoms with Crippen LogP contribution in [-0.2, 0) is 9.53 Å². The van der Waals surface area contributed by atoms with Gasteiger partial charge in [-0.25, -0.2) is 0 Å². The predicted molar refractivity (Wildman–Crippen MR) is 69.3 cm³/mol. The minimum atomic E-state index is -0.576. The number of hydrogen-bond acceptors (Lipinski definition) is 3. The lowest BCUT2D eigenvalue weighted by Gasteiger charge is -2.13. The summed E-state index contributed by atoms with van der Waals surface area (Å²) in [6, 6.07) is 4.78. The first kappa shape index (κ1) is 14.0. The monoisotopic (exact) mass is 256 g/mol. The summed E-state index contributed by atoms with van der Waals surface area (Å²) in [4.78, 5) is 11.7. The van der Waals surface area contributed by atoms with Gasteiger partial charge in [0.2, 0.25) is 5.91 Å². The lowest BCUT2D eigenvalue weighted by molar-refractivity contribution is -0.117. The van der Waals surface area contributed by atoms with E-state index in [0.29, 0.717) is 23.7 Å². The van der Waals surface area contributed by atoms with Crippen LogP contribution in [0.15, 0.2) is 18.2 Å². The summed E-state index contributed by atoms with van der Waals surface area (Å²) in [5, 5.41) is 3.37. The van der Waals surface area contributed by atoms with Crippen molar-refractivity contribution in [3.63, 3.8) is 0 Å². The van der Waals surface area contributed by atoms with Crippen molar-refractivity contribution in [1.82, 2.24) is 0 Å². The van der Waals surface area contributed by atoms with Crippen molar-refractivity contribution < 1.29 is 9.53 Å². The molecular weight excluding hydrogens is 240 g/mol. The lowest BCUT2D eigenvalue weighted by Crippen LogP contribution is -2.36. The number of halogens is 1. The van der Waals surface area contributed by atoms with E-state index >= 15 is 0 Å². The van der Waals surface area contributed by atoms with Gasteiger partial charge in [-0.2, -0.15) is 0 Å². The highest BCUT2D eigenvalue weighted by Gasteiger charge is 2.14. The van der Waals surface area contributed by atoms with E-state index in [-0.39, 0.29) is 5.91 Å². The molecule has 0 fully saturated rings. The molecule has 5 heteroatoms. The van der Waals surface area contributed by atoms with Gasteiger partial charge in [-0.1, -0.05) is 17.7 Å². The molecule has 0 spiro atoms. The zero-order chi connectivity index (χ0) is 12.8. The van der Waals surface area contributed by atoms with Crippen molar-refractivity contribution in [3.05, 3.63) is 28.8 Å². The number of methoxy groups -OCH3 is 1. The third kappa shape index (κ3) is 4.00. The van der Waals surface area contributed by atoms with Crippen molar-refractivity contribution >= 4 is 23.2 Å². The second-order valence-corrected chi connectivity index (χ2v) is 4.20. The first-order valence-corrected chi connectivity index (χ1v) is 5.74. The number of carbonyl (C=O) groups excluding carboxylic acids is 1. The van der Waals surface area contributed by atoms with E-state index in [1.54, 1.807) is 25.3 Å². The molecule has 0 bridgehead atoms. The van der Waals surface area contributed by atoms with E-state index in [1.807, 2.05) is 6.92 Å². The molecule has 1 rings (SSSR count). The molecule has 17 heavy (non-hydrogen) atoms. The zero-order valence-corrected chi connectivity index (χ0v) is 10.8. The van der Waals surface area contributed by atoms with Gasteiger partial charge in [-0.15, -0.1) is 0 Å². The number of rotatable bonds is 5. The lowest BCUT2D eigenvalue weighted by atomic mass is 10.1. The van der Waals surface area contributed by atoms with E-state index in [1.165, 1.54) is 0 Å². The second kappa shape index (κ2) is 6.59. The molecule has 3 N–H and O–H groups in total. The number of ether oxygens (including phenoxy) is 1. The molecule has 0 saturated heterocycles. The van der Waals surface area contributed by atoms with Crippen molar-refractivity contribution in [3.8, 4) is 0 Å². The van der Waals surface area contributed by atoms with Gasteiger partial charge in [0.25, 0.3) is 0 Å². The average Bonchev–Trinajstić information content (AvgIpc) is 2.31. The molecule has 1 unspecified atom stereocenters. The molecule has 0 saturated carbocycles. The third-order valence-corrected chi connectivity index (χ3v) is 2.90. The van der Waals surface area contributed by atoms with Crippen LogP contribution in [0.3, 0.4) is 0 Å². The van der Waals surface area contributed by atoms with Gasteiger partial charge in [-0.05, 0) is 31.0 Å². The van der Waals surface area contributed by atoms with Crippen LogP contribution in [0.1, 0.15) is 12.0 Å². The molecule has 0 aliphatic heterocycles. The highest BCUT2D eigenvalue weighted by molar-refractivity contribution is 6.31. The van der Waals surface area contributed by atoms with Gasteiger partial charge >= 0.3 is 0 Å². The molecule has 0 radical (unpaired) electrons. The van der Waals surface area contributed by atoms with Crippen LogP contribution in [0.5, 0.6) is 0 Å². The Bertz CT molecular complexity index is 396. The largest absolute Gasteiger partial charge is 0.385 e. The Hall–Kier alpha value is -1.10. The van der Waals surface area contributed by atoms with E-state index in [9.17, 15) is 4.79 Å². The topological polar surface area (TPSA) is 64.3 Å². The van der Waals surface area contributed by atoms with E-state index in [4.69, 9.17) is 22.1 Å². The number of amides is 1. The summed E-state index contributed by atoms with van der Waals surface area (Å²) < 4.78 is 4.87. The molecule has 0 aliphatic carbocycles. The van der Waals surface area contributed by atoms with Crippen LogP contribution in [-0.4, -0.2) is 25.7 Å². The van der Waals surface area contributed by atoms with Crippen molar-refractivity contribution in [1.29, 1.82) is 0 Å². The van der Waals surface area contributed by atoms with E-state index in [0.717, 1.165) is 5.56 Å². The number of hydrogen-bond donors (Lipinski definition) is 2. The molecule has 0 aromatic heterocycles. The Kier molecular flexibility index (Phi) is 5.41. The van der Waals surface area contributed by atoms with Crippen LogP contribution in [0.2, 0.25) is 5.02 Å². The highest BCUT2D eigenvalue weighted by atomic mass is 35.5. The van der Waals surface area contributed by atoms with Crippen molar-refractivity contribution in [2.24, 2.45) is 5.73 Å². The van der Waals surface area contributed by atoms with Gasteiger partial charge < -0.3 is 15.8 Å². The fraction of sp³-hybridized carbons (Fsp3) is 0.417. The maximum absolute atomic E-state index is 11.7. The van der Waals surface area contributed by atoms with Crippen LogP contribution in [0.25, 0.3) is 0 Å². The summed E-state index contributed by atoms with van der Waals surface area (Å²) in [6.07, 6.45) is 0.488. The minimum Gasteiger partial charge on any atom is -0.385 e. The third-order valence-electron chi connectivity index (χ3n) is 2.50. The molecule has 94 valence electrons. The number of nitrogens with two attached hydrogens (primary N) is 1. The van der Waals surface area contributed by atoms with Crippen LogP contribution in [0, 0.1) is 6.92 Å². The minimum absolute atomic E-state index is 0.229. The van der Waals surface area contributed by atoms with Gasteiger partial charge in [0.15, 0.2) is 0 Å². The number of anilines is 1. The van der Waals surface area contributed by atoms with Crippen molar-refractivity contribution in [2.45, 2.75) is 19.4 Å². The number of carbonyl (C=O) groups is 1. The van der Waals surface area contributed by atoms with Gasteiger partial charge in [0, 0.05) is 24.4 Å². The SMILES string of the molecule is COCCC(N)C(=O)Nc1cccc(Cl)c1C. The highest BCUT2D eigenvalue weighted by Crippen LogP contribution is 2.22. The number of nitrogens with one attached hydrogen (secondary N) is 1. The Morgan fingerprint density at radius 2 is 2.29 bits per heavy atom. The summed E-state index contributed by atoms with van der Waals surface area (Å²) >= 11 is 5.96. The van der Waals surface area contributed by atoms with E-state index < -0.39 is 6.04 Å². The predicted octanol–water partition coefficient (Wildman–Crippen LogP) is 1.95. The zero-order valence-electron chi connectivity index (χ0n) is 10.00. The second-order valence-electron chi connectivity index (χ2n) is 3.79. The first-order valence-electron chi connectivity index (χ1n) is 5.36. The van der Waals surface area contributed by atoms with Gasteiger partial charge in [0.1, 0.15) is 0 Å². The van der Waals surface area contributed by atoms with Gasteiger partial charge in [0.05, 0.1) is 6.04 Å². The van der Waals surface area contributed by atoms with Crippen molar-refractivity contribution in [2.75, 3.05) is 19.0 Å². The molecule has 1 amide bonds. The Morgan fingerprint density at radius 1 is 1.59 bits per heavy atom. The molecule has 0 aliphatic rings. The average molecular weight is 257 g/mol. The Labute approximate surface area is 106 Å². The molecule has 1 aromatic rings. The maximum Gasteiger partial charge on any atom is 0.241 e. The first-order chi connectivity index (χ1) is 8.06. The van der Waals surface area contributed by atoms with Crippen LogP contribution < -0.4 is 11.1 Å². The van der Waals surface area contributed by atoms with Gasteiger partial charge in [-0.3, -0.25) is 4.79 Å². The molecule has 1 atom stereocenters. The summed E-state index contributed by atoms with van der Waals surface area (Å²) in [6.45, 7) is 2.31. The quantitative estimate of drug-likeness (QED) is 0.846. The summed E-state index contributed by atoms with van der Waals surface area (Å²) in [5.41, 5.74) is 7.24.